The molecule has 0 aliphatic heterocycles. The van der Waals surface area contributed by atoms with Crippen molar-refractivity contribution in [3.8, 4) is 5.75 Å². The van der Waals surface area contributed by atoms with E-state index >= 15 is 0 Å². The number of primary amides is 1. The van der Waals surface area contributed by atoms with Gasteiger partial charge in [-0.3, -0.25) is 9.10 Å². The van der Waals surface area contributed by atoms with Crippen molar-refractivity contribution in [2.75, 3.05) is 18.0 Å². The fourth-order valence-electron chi connectivity index (χ4n) is 2.03. The number of nitrogens with two attached hydrogens (primary N) is 1. The Balaban J connectivity index is 2.48. The molecule has 1 amide bonds. The average molecular weight is 340 g/mol. The number of carbonyl (C=O) groups excluding carboxylic acids is 1. The van der Waals surface area contributed by atoms with Crippen molar-refractivity contribution >= 4 is 33.0 Å². The number of thiophene rings is 1. The van der Waals surface area contributed by atoms with Gasteiger partial charge in [0.15, 0.2) is 0 Å². The maximum atomic E-state index is 12.8. The molecule has 1 aromatic carbocycles. The number of carbonyl (C=O) groups is 1. The largest absolute Gasteiger partial charge is 0.497 e. The van der Waals surface area contributed by atoms with E-state index in [1.54, 1.807) is 30.5 Å². The van der Waals surface area contributed by atoms with Crippen molar-refractivity contribution in [1.82, 2.24) is 0 Å². The predicted molar refractivity (Wildman–Crippen MR) is 86.0 cm³/mol. The standard InChI is InChI=1S/C14H16N2O4S2/c1-3-16(12-8-9-21-13(12)14(15)17)22(18,19)11-6-4-10(20-2)5-7-11/h4-9H,3H2,1-2H3,(H2,15,17). The van der Waals surface area contributed by atoms with Crippen LogP contribution < -0.4 is 14.8 Å². The molecule has 0 radical (unpaired) electrons. The Morgan fingerprint density at radius 3 is 2.41 bits per heavy atom. The van der Waals surface area contributed by atoms with Crippen LogP contribution in [-0.2, 0) is 10.0 Å². The number of hydrogen-bond acceptors (Lipinski definition) is 5. The Morgan fingerprint density at radius 1 is 1.27 bits per heavy atom. The van der Waals surface area contributed by atoms with Crippen LogP contribution in [0.5, 0.6) is 5.75 Å². The number of hydrogen-bond donors (Lipinski definition) is 1. The van der Waals surface area contributed by atoms with E-state index in [4.69, 9.17) is 10.5 Å². The van der Waals surface area contributed by atoms with Crippen LogP contribution >= 0.6 is 11.3 Å². The first-order valence-corrected chi connectivity index (χ1v) is 8.78. The van der Waals surface area contributed by atoms with E-state index in [-0.39, 0.29) is 16.3 Å². The minimum Gasteiger partial charge on any atom is -0.497 e. The molecule has 0 fully saturated rings. The van der Waals surface area contributed by atoms with Gasteiger partial charge in [0.1, 0.15) is 10.6 Å². The van der Waals surface area contributed by atoms with Gasteiger partial charge in [-0.05, 0) is 42.6 Å². The number of ether oxygens (including phenoxy) is 1. The van der Waals surface area contributed by atoms with Crippen molar-refractivity contribution in [2.24, 2.45) is 5.73 Å². The molecular weight excluding hydrogens is 324 g/mol. The maximum Gasteiger partial charge on any atom is 0.264 e. The molecule has 0 unspecified atom stereocenters. The first-order chi connectivity index (χ1) is 10.4. The number of sulfonamides is 1. The summed E-state index contributed by atoms with van der Waals surface area (Å²) in [5, 5.41) is 1.64. The molecule has 2 N–H and O–H groups in total. The molecule has 2 rings (SSSR count). The summed E-state index contributed by atoms with van der Waals surface area (Å²) in [6.07, 6.45) is 0. The summed E-state index contributed by atoms with van der Waals surface area (Å²) in [7, 11) is -2.27. The van der Waals surface area contributed by atoms with Crippen LogP contribution in [0.3, 0.4) is 0 Å². The molecule has 118 valence electrons. The third kappa shape index (κ3) is 2.93. The second-order valence-corrected chi connectivity index (χ2v) is 7.12. The molecule has 0 aliphatic rings. The van der Waals surface area contributed by atoms with Crippen LogP contribution in [0.1, 0.15) is 16.6 Å². The van der Waals surface area contributed by atoms with Crippen LogP contribution in [0.4, 0.5) is 5.69 Å². The first kappa shape index (κ1) is 16.3. The smallest absolute Gasteiger partial charge is 0.264 e. The number of methoxy groups -OCH3 is 1. The van der Waals surface area contributed by atoms with E-state index in [9.17, 15) is 13.2 Å². The van der Waals surface area contributed by atoms with Gasteiger partial charge in [-0.2, -0.15) is 0 Å². The van der Waals surface area contributed by atoms with Crippen LogP contribution in [-0.4, -0.2) is 28.0 Å². The lowest BCUT2D eigenvalue weighted by molar-refractivity contribution is 0.100. The quantitative estimate of drug-likeness (QED) is 0.871. The van der Waals surface area contributed by atoms with Gasteiger partial charge in [-0.25, -0.2) is 8.42 Å². The van der Waals surface area contributed by atoms with Gasteiger partial charge in [-0.1, -0.05) is 0 Å². The lowest BCUT2D eigenvalue weighted by Crippen LogP contribution is -2.32. The predicted octanol–water partition coefficient (Wildman–Crippen LogP) is 2.07. The van der Waals surface area contributed by atoms with Crippen LogP contribution in [0.15, 0.2) is 40.6 Å². The average Bonchev–Trinajstić information content (AvgIpc) is 2.97. The summed E-state index contributed by atoms with van der Waals surface area (Å²) in [6.45, 7) is 1.88. The first-order valence-electron chi connectivity index (χ1n) is 6.46. The summed E-state index contributed by atoms with van der Waals surface area (Å²) in [4.78, 5) is 11.8. The monoisotopic (exact) mass is 340 g/mol. The van der Waals surface area contributed by atoms with E-state index in [1.807, 2.05) is 0 Å². The molecule has 22 heavy (non-hydrogen) atoms. The molecule has 2 aromatic rings. The van der Waals surface area contributed by atoms with Crippen LogP contribution in [0, 0.1) is 0 Å². The van der Waals surface area contributed by atoms with Crippen molar-refractivity contribution < 1.29 is 17.9 Å². The molecule has 0 spiro atoms. The van der Waals surface area contributed by atoms with Gasteiger partial charge in [0.25, 0.3) is 15.9 Å². The lowest BCUT2D eigenvalue weighted by atomic mass is 10.3. The number of amides is 1. The molecule has 0 atom stereocenters. The molecule has 0 saturated carbocycles. The lowest BCUT2D eigenvalue weighted by Gasteiger charge is -2.22. The summed E-state index contributed by atoms with van der Waals surface area (Å²) < 4.78 is 31.7. The Bertz CT molecular complexity index is 766. The Labute approximate surface area is 133 Å². The maximum absolute atomic E-state index is 12.8. The topological polar surface area (TPSA) is 89.7 Å². The molecule has 1 aromatic heterocycles. The third-order valence-electron chi connectivity index (χ3n) is 3.07. The van der Waals surface area contributed by atoms with Crippen molar-refractivity contribution in [1.29, 1.82) is 0 Å². The third-order valence-corrected chi connectivity index (χ3v) is 5.89. The van der Waals surface area contributed by atoms with E-state index in [0.29, 0.717) is 11.4 Å². The van der Waals surface area contributed by atoms with Gasteiger partial charge in [0, 0.05) is 6.54 Å². The molecule has 6 nitrogen and oxygen atoms in total. The zero-order valence-corrected chi connectivity index (χ0v) is 13.8. The van der Waals surface area contributed by atoms with Crippen molar-refractivity contribution in [3.63, 3.8) is 0 Å². The highest BCUT2D eigenvalue weighted by atomic mass is 32.2. The van der Waals surface area contributed by atoms with Gasteiger partial charge >= 0.3 is 0 Å². The number of benzene rings is 1. The summed E-state index contributed by atoms with van der Waals surface area (Å²) in [5.74, 6) is -0.0799. The summed E-state index contributed by atoms with van der Waals surface area (Å²) in [6, 6.07) is 7.66. The minimum atomic E-state index is -3.78. The molecule has 0 bridgehead atoms. The van der Waals surface area contributed by atoms with Gasteiger partial charge < -0.3 is 10.5 Å². The Morgan fingerprint density at radius 2 is 1.91 bits per heavy atom. The second-order valence-electron chi connectivity index (χ2n) is 4.34. The number of nitrogens with zero attached hydrogens (tertiary/aromatic N) is 1. The molecule has 8 heteroatoms. The molecular formula is C14H16N2O4S2. The van der Waals surface area contributed by atoms with E-state index in [0.717, 1.165) is 11.3 Å². The van der Waals surface area contributed by atoms with Crippen LogP contribution in [0.2, 0.25) is 0 Å². The number of anilines is 1. The fourth-order valence-corrected chi connectivity index (χ4v) is 4.32. The molecule has 1 heterocycles. The van der Waals surface area contributed by atoms with Crippen molar-refractivity contribution in [2.45, 2.75) is 11.8 Å². The van der Waals surface area contributed by atoms with E-state index in [1.165, 1.54) is 23.5 Å². The summed E-state index contributed by atoms with van der Waals surface area (Å²) in [5.41, 5.74) is 5.61. The molecule has 0 aliphatic carbocycles. The molecule has 0 saturated heterocycles. The Hall–Kier alpha value is -2.06. The highest BCUT2D eigenvalue weighted by Gasteiger charge is 2.27. The highest BCUT2D eigenvalue weighted by molar-refractivity contribution is 7.92. The SMILES string of the molecule is CCN(c1ccsc1C(N)=O)S(=O)(=O)c1ccc(OC)cc1. The Kier molecular flexibility index (Phi) is 4.72. The van der Waals surface area contributed by atoms with Gasteiger partial charge in [0.05, 0.1) is 17.7 Å². The van der Waals surface area contributed by atoms with E-state index in [2.05, 4.69) is 0 Å². The normalized spacial score (nSPS) is 11.2. The highest BCUT2D eigenvalue weighted by Crippen LogP contribution is 2.31. The summed E-state index contributed by atoms with van der Waals surface area (Å²) >= 11 is 1.12. The number of rotatable bonds is 6. The minimum absolute atomic E-state index is 0.122. The zero-order valence-electron chi connectivity index (χ0n) is 12.1. The van der Waals surface area contributed by atoms with Crippen molar-refractivity contribution in [3.05, 3.63) is 40.6 Å². The van der Waals surface area contributed by atoms with Crippen LogP contribution in [0.25, 0.3) is 0 Å². The second kappa shape index (κ2) is 6.37. The zero-order chi connectivity index (χ0) is 16.3. The van der Waals surface area contributed by atoms with E-state index < -0.39 is 15.9 Å². The van der Waals surface area contributed by atoms with Gasteiger partial charge in [0.2, 0.25) is 0 Å². The van der Waals surface area contributed by atoms with Gasteiger partial charge in [-0.15, -0.1) is 11.3 Å². The fraction of sp³-hybridized carbons (Fsp3) is 0.214.